The number of nitrogens with zero attached hydrogens (tertiary/aromatic N) is 1. The summed E-state index contributed by atoms with van der Waals surface area (Å²) >= 11 is 0. The minimum Gasteiger partial charge on any atom is -0.487 e. The largest absolute Gasteiger partial charge is 0.487 e. The number of ether oxygens (including phenoxy) is 1. The first-order valence-electron chi connectivity index (χ1n) is 4.74. The van der Waals surface area contributed by atoms with Crippen molar-refractivity contribution in [1.82, 2.24) is 4.98 Å². The Morgan fingerprint density at radius 3 is 2.81 bits per heavy atom. The summed E-state index contributed by atoms with van der Waals surface area (Å²) in [5, 5.41) is 0. The van der Waals surface area contributed by atoms with Gasteiger partial charge in [0.25, 0.3) is 0 Å². The molecule has 7 heteroatoms. The van der Waals surface area contributed by atoms with Gasteiger partial charge in [0.15, 0.2) is 11.6 Å². The molecule has 0 aromatic carbocycles. The van der Waals surface area contributed by atoms with Crippen molar-refractivity contribution in [3.63, 3.8) is 0 Å². The lowest BCUT2D eigenvalue weighted by Gasteiger charge is -2.08. The molecule has 0 atom stereocenters. The number of halogens is 1. The second-order valence-electron chi connectivity index (χ2n) is 3.69. The molecule has 1 aliphatic rings. The van der Waals surface area contributed by atoms with Crippen molar-refractivity contribution in [3.05, 3.63) is 18.1 Å². The summed E-state index contributed by atoms with van der Waals surface area (Å²) in [6.45, 7) is 0. The van der Waals surface area contributed by atoms with Crippen molar-refractivity contribution in [2.45, 2.75) is 18.9 Å². The third kappa shape index (κ3) is 3.06. The van der Waals surface area contributed by atoms with Crippen LogP contribution in [-0.2, 0) is 10.0 Å². The van der Waals surface area contributed by atoms with Gasteiger partial charge in [0, 0.05) is 6.07 Å². The summed E-state index contributed by atoms with van der Waals surface area (Å²) in [6.07, 6.45) is 3.78. The number of hydrogen-bond donors (Lipinski definition) is 1. The molecule has 0 unspecified atom stereocenters. The Hall–Kier alpha value is -1.37. The van der Waals surface area contributed by atoms with Crippen LogP contribution < -0.4 is 9.46 Å². The molecule has 1 fully saturated rings. The highest BCUT2D eigenvalue weighted by atomic mass is 32.2. The van der Waals surface area contributed by atoms with E-state index in [1.807, 2.05) is 0 Å². The molecule has 88 valence electrons. The zero-order chi connectivity index (χ0) is 11.8. The summed E-state index contributed by atoms with van der Waals surface area (Å²) in [5.74, 6) is -0.505. The zero-order valence-electron chi connectivity index (χ0n) is 8.60. The van der Waals surface area contributed by atoms with Crippen molar-refractivity contribution in [2.75, 3.05) is 11.0 Å². The SMILES string of the molecule is CS(=O)(=O)Nc1cc(OC2CC2)c(F)cn1. The van der Waals surface area contributed by atoms with Crippen LogP contribution in [0.4, 0.5) is 10.2 Å². The predicted octanol–water partition coefficient (Wildman–Crippen LogP) is 1.13. The quantitative estimate of drug-likeness (QED) is 0.864. The maximum atomic E-state index is 13.2. The minimum atomic E-state index is -3.41. The monoisotopic (exact) mass is 246 g/mol. The van der Waals surface area contributed by atoms with E-state index < -0.39 is 15.8 Å². The standard InChI is InChI=1S/C9H11FN2O3S/c1-16(13,14)12-9-4-8(7(10)5-11-9)15-6-2-3-6/h4-6H,2-3H2,1H3,(H,11,12). The van der Waals surface area contributed by atoms with E-state index in [1.165, 1.54) is 6.07 Å². The molecule has 0 bridgehead atoms. The Kier molecular flexibility index (Phi) is 2.71. The molecule has 0 saturated heterocycles. The van der Waals surface area contributed by atoms with Crippen molar-refractivity contribution in [2.24, 2.45) is 0 Å². The number of rotatable bonds is 4. The molecular formula is C9H11FN2O3S. The van der Waals surface area contributed by atoms with Gasteiger partial charge in [0.05, 0.1) is 18.6 Å². The average Bonchev–Trinajstić information content (AvgIpc) is 2.92. The van der Waals surface area contributed by atoms with Crippen LogP contribution in [0.15, 0.2) is 12.3 Å². The molecule has 16 heavy (non-hydrogen) atoms. The van der Waals surface area contributed by atoms with Crippen LogP contribution >= 0.6 is 0 Å². The Balaban J connectivity index is 2.20. The van der Waals surface area contributed by atoms with Crippen LogP contribution in [0, 0.1) is 5.82 Å². The van der Waals surface area contributed by atoms with Gasteiger partial charge in [-0.3, -0.25) is 4.72 Å². The van der Waals surface area contributed by atoms with Crippen LogP contribution in [0.5, 0.6) is 5.75 Å². The van der Waals surface area contributed by atoms with E-state index in [0.29, 0.717) is 0 Å². The maximum Gasteiger partial charge on any atom is 0.230 e. The fourth-order valence-electron chi connectivity index (χ4n) is 1.12. The van der Waals surface area contributed by atoms with E-state index in [9.17, 15) is 12.8 Å². The predicted molar refractivity (Wildman–Crippen MR) is 56.3 cm³/mol. The number of aromatic nitrogens is 1. The summed E-state index contributed by atoms with van der Waals surface area (Å²) in [5.41, 5.74) is 0. The third-order valence-electron chi connectivity index (χ3n) is 1.93. The highest BCUT2D eigenvalue weighted by Gasteiger charge is 2.25. The lowest BCUT2D eigenvalue weighted by molar-refractivity contribution is 0.287. The van der Waals surface area contributed by atoms with Crippen molar-refractivity contribution in [3.8, 4) is 5.75 Å². The van der Waals surface area contributed by atoms with Crippen LogP contribution in [-0.4, -0.2) is 25.8 Å². The normalized spacial score (nSPS) is 15.9. The van der Waals surface area contributed by atoms with E-state index in [4.69, 9.17) is 4.74 Å². The molecule has 1 aliphatic carbocycles. The molecule has 0 aliphatic heterocycles. The van der Waals surface area contributed by atoms with Gasteiger partial charge in [-0.1, -0.05) is 0 Å². The summed E-state index contributed by atoms with van der Waals surface area (Å²) < 4.78 is 42.5. The first-order chi connectivity index (χ1) is 7.44. The smallest absolute Gasteiger partial charge is 0.230 e. The second kappa shape index (κ2) is 3.89. The number of sulfonamides is 1. The van der Waals surface area contributed by atoms with E-state index >= 15 is 0 Å². The summed E-state index contributed by atoms with van der Waals surface area (Å²) in [4.78, 5) is 3.61. The highest BCUT2D eigenvalue weighted by molar-refractivity contribution is 7.92. The minimum absolute atomic E-state index is 0.0312. The fourth-order valence-corrected chi connectivity index (χ4v) is 1.61. The molecule has 2 rings (SSSR count). The van der Waals surface area contributed by atoms with Gasteiger partial charge in [0.2, 0.25) is 10.0 Å². The molecule has 1 aromatic heterocycles. The Morgan fingerprint density at radius 2 is 2.25 bits per heavy atom. The number of pyridine rings is 1. The van der Waals surface area contributed by atoms with Gasteiger partial charge in [-0.15, -0.1) is 0 Å². The number of hydrogen-bond acceptors (Lipinski definition) is 4. The first kappa shape index (κ1) is 11.1. The third-order valence-corrected chi connectivity index (χ3v) is 2.51. The Morgan fingerprint density at radius 1 is 1.56 bits per heavy atom. The first-order valence-corrected chi connectivity index (χ1v) is 6.63. The van der Waals surface area contributed by atoms with Gasteiger partial charge < -0.3 is 4.74 Å². The van der Waals surface area contributed by atoms with Crippen molar-refractivity contribution in [1.29, 1.82) is 0 Å². The highest BCUT2D eigenvalue weighted by Crippen LogP contribution is 2.29. The Labute approximate surface area is 92.7 Å². The molecular weight excluding hydrogens is 235 g/mol. The number of nitrogens with one attached hydrogen (secondary N) is 1. The van der Waals surface area contributed by atoms with Gasteiger partial charge in [-0.05, 0) is 12.8 Å². The maximum absolute atomic E-state index is 13.2. The summed E-state index contributed by atoms with van der Waals surface area (Å²) in [7, 11) is -3.41. The molecule has 0 radical (unpaired) electrons. The summed E-state index contributed by atoms with van der Waals surface area (Å²) in [6, 6.07) is 1.24. The van der Waals surface area contributed by atoms with E-state index in [1.54, 1.807) is 0 Å². The molecule has 1 saturated carbocycles. The van der Waals surface area contributed by atoms with Crippen LogP contribution in [0.2, 0.25) is 0 Å². The topological polar surface area (TPSA) is 68.3 Å². The molecule has 1 N–H and O–H groups in total. The lowest BCUT2D eigenvalue weighted by Crippen LogP contribution is -2.11. The van der Waals surface area contributed by atoms with E-state index in [0.717, 1.165) is 25.3 Å². The van der Waals surface area contributed by atoms with Gasteiger partial charge >= 0.3 is 0 Å². The Bertz CT molecular complexity index is 499. The average molecular weight is 246 g/mol. The molecule has 5 nitrogen and oxygen atoms in total. The van der Waals surface area contributed by atoms with Gasteiger partial charge in [0.1, 0.15) is 5.82 Å². The van der Waals surface area contributed by atoms with Gasteiger partial charge in [-0.2, -0.15) is 0 Å². The van der Waals surface area contributed by atoms with Crippen LogP contribution in [0.3, 0.4) is 0 Å². The van der Waals surface area contributed by atoms with E-state index in [2.05, 4.69) is 9.71 Å². The van der Waals surface area contributed by atoms with Crippen LogP contribution in [0.25, 0.3) is 0 Å². The zero-order valence-corrected chi connectivity index (χ0v) is 9.42. The van der Waals surface area contributed by atoms with E-state index in [-0.39, 0.29) is 17.7 Å². The fraction of sp³-hybridized carbons (Fsp3) is 0.444. The van der Waals surface area contributed by atoms with Crippen LogP contribution in [0.1, 0.15) is 12.8 Å². The lowest BCUT2D eigenvalue weighted by atomic mass is 10.4. The van der Waals surface area contributed by atoms with Crippen molar-refractivity contribution < 1.29 is 17.5 Å². The molecule has 1 aromatic rings. The molecule has 0 amide bonds. The van der Waals surface area contributed by atoms with Gasteiger partial charge in [-0.25, -0.2) is 17.8 Å². The second-order valence-corrected chi connectivity index (χ2v) is 5.44. The number of anilines is 1. The van der Waals surface area contributed by atoms with Crippen molar-refractivity contribution >= 4 is 15.8 Å². The molecule has 0 spiro atoms. The molecule has 1 heterocycles.